The molecule has 0 heterocycles. The van der Waals surface area contributed by atoms with Crippen LogP contribution in [-0.4, -0.2) is 64.0 Å². The molecule has 11 nitrogen and oxygen atoms in total. The fourth-order valence-electron chi connectivity index (χ4n) is 3.01. The summed E-state index contributed by atoms with van der Waals surface area (Å²) in [4.78, 5) is 60.1. The maximum absolute atomic E-state index is 12.9. The maximum Gasteiger partial charge on any atom is 0.326 e. The number of hydrogen-bond donors (Lipinski definition) is 6. The first-order valence-electron chi connectivity index (χ1n) is 10.8. The van der Waals surface area contributed by atoms with Crippen LogP contribution in [0.4, 0.5) is 0 Å². The van der Waals surface area contributed by atoms with Crippen molar-refractivity contribution < 1.29 is 34.2 Å². The van der Waals surface area contributed by atoms with Crippen molar-refractivity contribution in [3.8, 4) is 0 Å². The van der Waals surface area contributed by atoms with E-state index in [-0.39, 0.29) is 30.6 Å². The van der Waals surface area contributed by atoms with Crippen LogP contribution in [0.15, 0.2) is 0 Å². The van der Waals surface area contributed by atoms with Crippen LogP contribution in [0, 0.1) is 17.8 Å². The number of carbonyl (C=O) groups is 5. The minimum atomic E-state index is -1.33. The Balaban J connectivity index is 5.43. The van der Waals surface area contributed by atoms with Gasteiger partial charge in [-0.05, 0) is 30.6 Å². The Hall–Kier alpha value is -2.69. The molecule has 0 rings (SSSR count). The van der Waals surface area contributed by atoms with E-state index in [9.17, 15) is 29.1 Å². The molecule has 7 N–H and O–H groups in total. The van der Waals surface area contributed by atoms with Crippen molar-refractivity contribution in [1.82, 2.24) is 16.0 Å². The Labute approximate surface area is 188 Å². The molecule has 0 saturated heterocycles. The van der Waals surface area contributed by atoms with E-state index in [2.05, 4.69) is 16.0 Å². The third-order valence-electron chi connectivity index (χ3n) is 4.64. The number of nitrogens with one attached hydrogen (secondary N) is 3. The topological polar surface area (TPSA) is 188 Å². The summed E-state index contributed by atoms with van der Waals surface area (Å²) in [5.41, 5.74) is 5.57. The molecular formula is C21H38N4O7. The zero-order valence-electron chi connectivity index (χ0n) is 19.7. The molecule has 0 aliphatic carbocycles. The second-order valence-electron chi connectivity index (χ2n) is 9.15. The maximum atomic E-state index is 12.9. The summed E-state index contributed by atoms with van der Waals surface area (Å²) < 4.78 is 0. The van der Waals surface area contributed by atoms with Gasteiger partial charge in [0.2, 0.25) is 17.7 Å². The number of aliphatic carboxylic acids is 2. The van der Waals surface area contributed by atoms with E-state index in [1.165, 1.54) is 0 Å². The molecule has 0 bridgehead atoms. The highest BCUT2D eigenvalue weighted by molar-refractivity contribution is 5.94. The zero-order valence-corrected chi connectivity index (χ0v) is 19.7. The predicted molar refractivity (Wildman–Crippen MR) is 117 cm³/mol. The van der Waals surface area contributed by atoms with Crippen LogP contribution < -0.4 is 21.7 Å². The van der Waals surface area contributed by atoms with Gasteiger partial charge in [-0.25, -0.2) is 4.79 Å². The lowest BCUT2D eigenvalue weighted by Crippen LogP contribution is -2.58. The second kappa shape index (κ2) is 13.7. The molecule has 0 fully saturated rings. The average Bonchev–Trinajstić information content (AvgIpc) is 2.62. The number of nitrogens with two attached hydrogens (primary N) is 1. The number of carboxylic acid groups (broad SMARTS) is 2. The summed E-state index contributed by atoms with van der Waals surface area (Å²) in [5.74, 6) is -4.82. The van der Waals surface area contributed by atoms with E-state index in [0.29, 0.717) is 0 Å². The van der Waals surface area contributed by atoms with Crippen molar-refractivity contribution in [2.24, 2.45) is 23.5 Å². The second-order valence-corrected chi connectivity index (χ2v) is 9.15. The molecule has 3 amide bonds. The number of amides is 3. The molecule has 0 aliphatic rings. The van der Waals surface area contributed by atoms with E-state index in [4.69, 9.17) is 10.8 Å². The van der Waals surface area contributed by atoms with Gasteiger partial charge in [0, 0.05) is 0 Å². The fraction of sp³-hybridized carbons (Fsp3) is 0.762. The zero-order chi connectivity index (χ0) is 25.2. The molecule has 4 atom stereocenters. The van der Waals surface area contributed by atoms with Crippen molar-refractivity contribution in [3.05, 3.63) is 0 Å². The Morgan fingerprint density at radius 1 is 0.719 bits per heavy atom. The number of carbonyl (C=O) groups excluding carboxylic acids is 3. The summed E-state index contributed by atoms with van der Waals surface area (Å²) in [5, 5.41) is 25.7. The van der Waals surface area contributed by atoms with Crippen LogP contribution in [0.3, 0.4) is 0 Å². The molecule has 0 aromatic rings. The first-order chi connectivity index (χ1) is 14.6. The van der Waals surface area contributed by atoms with Gasteiger partial charge in [-0.1, -0.05) is 41.5 Å². The average molecular weight is 459 g/mol. The van der Waals surface area contributed by atoms with Crippen molar-refractivity contribution in [2.75, 3.05) is 0 Å². The summed E-state index contributed by atoms with van der Waals surface area (Å²) in [7, 11) is 0. The van der Waals surface area contributed by atoms with Gasteiger partial charge in [0.05, 0.1) is 12.5 Å². The summed E-state index contributed by atoms with van der Waals surface area (Å²) in [6.07, 6.45) is -0.131. The molecule has 0 aliphatic heterocycles. The van der Waals surface area contributed by atoms with Crippen LogP contribution in [0.2, 0.25) is 0 Å². The first-order valence-corrected chi connectivity index (χ1v) is 10.8. The van der Waals surface area contributed by atoms with E-state index in [0.717, 1.165) is 0 Å². The van der Waals surface area contributed by atoms with Crippen LogP contribution in [0.25, 0.3) is 0 Å². The molecule has 0 spiro atoms. The summed E-state index contributed by atoms with van der Waals surface area (Å²) >= 11 is 0. The standard InChI is InChI=1S/C21H38N4O7/c1-10(2)7-14(23-18(28)13(22)9-16(26)27)19(29)25-17(12(5)6)20(30)24-15(21(31)32)8-11(3)4/h10-15,17H,7-9,22H2,1-6H3,(H,23,28)(H,24,30)(H,25,29)(H,26,27)(H,31,32). The van der Waals surface area contributed by atoms with Crippen molar-refractivity contribution in [2.45, 2.75) is 85.0 Å². The van der Waals surface area contributed by atoms with Crippen LogP contribution in [0.5, 0.6) is 0 Å². The Morgan fingerprint density at radius 3 is 1.59 bits per heavy atom. The largest absolute Gasteiger partial charge is 0.481 e. The van der Waals surface area contributed by atoms with Crippen molar-refractivity contribution in [1.29, 1.82) is 0 Å². The number of carboxylic acids is 2. The molecule has 11 heteroatoms. The highest BCUT2D eigenvalue weighted by atomic mass is 16.4. The Kier molecular flexibility index (Phi) is 12.5. The molecule has 0 saturated carbocycles. The number of hydrogen-bond acceptors (Lipinski definition) is 6. The molecular weight excluding hydrogens is 420 g/mol. The molecule has 0 aromatic carbocycles. The smallest absolute Gasteiger partial charge is 0.326 e. The third-order valence-corrected chi connectivity index (χ3v) is 4.64. The Bertz CT molecular complexity index is 679. The minimum absolute atomic E-state index is 0.00416. The van der Waals surface area contributed by atoms with Gasteiger partial charge < -0.3 is 31.9 Å². The van der Waals surface area contributed by atoms with Gasteiger partial charge in [-0.3, -0.25) is 19.2 Å². The quantitative estimate of drug-likeness (QED) is 0.211. The molecule has 0 aromatic heterocycles. The molecule has 4 unspecified atom stereocenters. The number of rotatable bonds is 14. The van der Waals surface area contributed by atoms with Gasteiger partial charge in [0.15, 0.2) is 0 Å². The fourth-order valence-corrected chi connectivity index (χ4v) is 3.01. The van der Waals surface area contributed by atoms with E-state index in [1.54, 1.807) is 13.8 Å². The molecule has 32 heavy (non-hydrogen) atoms. The highest BCUT2D eigenvalue weighted by Gasteiger charge is 2.32. The normalized spacial score (nSPS) is 15.1. The molecule has 0 radical (unpaired) electrons. The van der Waals surface area contributed by atoms with E-state index >= 15 is 0 Å². The van der Waals surface area contributed by atoms with Gasteiger partial charge in [-0.15, -0.1) is 0 Å². The SMILES string of the molecule is CC(C)CC(NC(=O)C(NC(=O)C(CC(C)C)NC(=O)C(N)CC(=O)O)C(C)C)C(=O)O. The van der Waals surface area contributed by atoms with Gasteiger partial charge >= 0.3 is 11.9 Å². The van der Waals surface area contributed by atoms with E-state index in [1.807, 2.05) is 27.7 Å². The lowest BCUT2D eigenvalue weighted by atomic mass is 9.98. The highest BCUT2D eigenvalue weighted by Crippen LogP contribution is 2.10. The third kappa shape index (κ3) is 11.1. The van der Waals surface area contributed by atoms with Crippen LogP contribution in [-0.2, 0) is 24.0 Å². The van der Waals surface area contributed by atoms with Gasteiger partial charge in [0.25, 0.3) is 0 Å². The predicted octanol–water partition coefficient (Wildman–Crippen LogP) is 0.0756. The summed E-state index contributed by atoms with van der Waals surface area (Å²) in [6, 6.07) is -4.49. The van der Waals surface area contributed by atoms with Crippen molar-refractivity contribution >= 4 is 29.7 Å². The van der Waals surface area contributed by atoms with Gasteiger partial charge in [0.1, 0.15) is 18.1 Å². The Morgan fingerprint density at radius 2 is 1.19 bits per heavy atom. The summed E-state index contributed by atoms with van der Waals surface area (Å²) in [6.45, 7) is 10.7. The lowest BCUT2D eigenvalue weighted by molar-refractivity contribution is -0.143. The minimum Gasteiger partial charge on any atom is -0.481 e. The molecule has 184 valence electrons. The van der Waals surface area contributed by atoms with Crippen LogP contribution >= 0.6 is 0 Å². The van der Waals surface area contributed by atoms with Crippen LogP contribution in [0.1, 0.15) is 60.8 Å². The lowest BCUT2D eigenvalue weighted by Gasteiger charge is -2.28. The van der Waals surface area contributed by atoms with Crippen molar-refractivity contribution in [3.63, 3.8) is 0 Å². The van der Waals surface area contributed by atoms with E-state index < -0.39 is 60.2 Å². The van der Waals surface area contributed by atoms with Gasteiger partial charge in [-0.2, -0.15) is 0 Å². The monoisotopic (exact) mass is 458 g/mol. The first kappa shape index (κ1) is 29.3.